The molecule has 0 aromatic heterocycles. The van der Waals surface area contributed by atoms with Crippen LogP contribution in [0.3, 0.4) is 0 Å². The van der Waals surface area contributed by atoms with Gasteiger partial charge < -0.3 is 38.6 Å². The van der Waals surface area contributed by atoms with Gasteiger partial charge in [-0.2, -0.15) is 0 Å². The molecular formula is C34H46ClN3O10. The van der Waals surface area contributed by atoms with Crippen LogP contribution in [0.15, 0.2) is 35.9 Å². The Morgan fingerprint density at radius 1 is 1.25 bits per heavy atom. The fourth-order valence-corrected chi connectivity index (χ4v) is 6.59. The summed E-state index contributed by atoms with van der Waals surface area (Å²) in [6.45, 7) is 8.29. The maximum atomic E-state index is 14.0. The monoisotopic (exact) mass is 691 g/mol. The maximum absolute atomic E-state index is 14.0. The number of carbonyl (C=O) groups excluding carboxylic acids is 4. The summed E-state index contributed by atoms with van der Waals surface area (Å²) < 4.78 is 28.9. The number of epoxide rings is 1. The van der Waals surface area contributed by atoms with Gasteiger partial charge in [-0.1, -0.05) is 42.3 Å². The van der Waals surface area contributed by atoms with Gasteiger partial charge in [0.05, 0.1) is 25.3 Å². The summed E-state index contributed by atoms with van der Waals surface area (Å²) in [6.07, 6.45) is 1.02. The minimum absolute atomic E-state index is 0.0436. The fourth-order valence-electron chi connectivity index (χ4n) is 6.27. The molecule has 3 aliphatic rings. The number of benzene rings is 1. The number of rotatable bonds is 5. The number of nitrogens with one attached hydrogen (secondary N) is 1. The Morgan fingerprint density at radius 3 is 2.56 bits per heavy atom. The number of hydrogen-bond donors (Lipinski definition) is 2. The van der Waals surface area contributed by atoms with Gasteiger partial charge in [0.15, 0.2) is 5.72 Å². The predicted octanol–water partition coefficient (Wildman–Crippen LogP) is 3.53. The molecule has 1 aromatic carbocycles. The van der Waals surface area contributed by atoms with Crippen molar-refractivity contribution in [1.82, 2.24) is 10.2 Å². The first-order chi connectivity index (χ1) is 22.4. The zero-order chi connectivity index (χ0) is 35.7. The third-order valence-electron chi connectivity index (χ3n) is 9.63. The summed E-state index contributed by atoms with van der Waals surface area (Å²) in [5.74, 6) is -1.63. The third kappa shape index (κ3) is 7.64. The molecule has 3 amide bonds. The molecule has 0 unspecified atom stereocenters. The van der Waals surface area contributed by atoms with Crippen LogP contribution in [0, 0.1) is 5.92 Å². The molecule has 2 fully saturated rings. The summed E-state index contributed by atoms with van der Waals surface area (Å²) in [7, 11) is 5.97. The lowest BCUT2D eigenvalue weighted by Crippen LogP contribution is -2.63. The molecule has 2 N–H and O–H groups in total. The van der Waals surface area contributed by atoms with Crippen molar-refractivity contribution >= 4 is 41.2 Å². The highest BCUT2D eigenvalue weighted by Crippen LogP contribution is 2.49. The van der Waals surface area contributed by atoms with E-state index in [4.69, 9.17) is 35.3 Å². The first-order valence-electron chi connectivity index (χ1n) is 15.8. The van der Waals surface area contributed by atoms with E-state index in [0.717, 1.165) is 11.1 Å². The van der Waals surface area contributed by atoms with Crippen molar-refractivity contribution < 1.29 is 48.0 Å². The molecule has 0 saturated carbocycles. The second-order valence-electron chi connectivity index (χ2n) is 13.0. The molecule has 0 radical (unpaired) electrons. The first kappa shape index (κ1) is 37.2. The predicted molar refractivity (Wildman–Crippen MR) is 177 cm³/mol. The van der Waals surface area contributed by atoms with Gasteiger partial charge in [0.1, 0.15) is 40.7 Å². The Bertz CT molecular complexity index is 1500. The van der Waals surface area contributed by atoms with E-state index in [1.54, 1.807) is 45.2 Å². The lowest BCUT2D eigenvalue weighted by Gasteiger charge is -2.42. The number of fused-ring (bicyclic) bond motifs is 5. The highest BCUT2D eigenvalue weighted by Gasteiger charge is 2.64. The molecule has 13 nitrogen and oxygen atoms in total. The second kappa shape index (κ2) is 14.5. The van der Waals surface area contributed by atoms with E-state index in [9.17, 15) is 24.3 Å². The normalized spacial score (nSPS) is 33.2. The van der Waals surface area contributed by atoms with E-state index in [2.05, 4.69) is 5.32 Å². The Morgan fingerprint density at radius 2 is 1.94 bits per heavy atom. The molecule has 1 aromatic rings. The van der Waals surface area contributed by atoms with Gasteiger partial charge in [0.25, 0.3) is 0 Å². The highest BCUT2D eigenvalue weighted by molar-refractivity contribution is 6.35. The van der Waals surface area contributed by atoms with E-state index >= 15 is 0 Å². The zero-order valence-electron chi connectivity index (χ0n) is 28.9. The molecule has 8 atom stereocenters. The molecule has 0 aliphatic carbocycles. The summed E-state index contributed by atoms with van der Waals surface area (Å²) in [4.78, 5) is 54.7. The summed E-state index contributed by atoms with van der Waals surface area (Å²) in [5, 5.41) is 14.4. The Kier molecular flexibility index (Phi) is 11.2. The Balaban J connectivity index is 1.80. The largest absolute Gasteiger partial charge is 0.495 e. The summed E-state index contributed by atoms with van der Waals surface area (Å²) in [5.41, 5.74) is -0.871. The number of nitrogens with zero attached hydrogens (tertiary/aromatic N) is 2. The number of carbonyl (C=O) groups is 4. The molecule has 3 heterocycles. The summed E-state index contributed by atoms with van der Waals surface area (Å²) in [6, 6.07) is 2.63. The average molecular weight is 692 g/mol. The van der Waals surface area contributed by atoms with Crippen molar-refractivity contribution in [1.29, 1.82) is 0 Å². The molecular weight excluding hydrogens is 646 g/mol. The Hall–Kier alpha value is -3.65. The first-order valence-corrected chi connectivity index (χ1v) is 16.2. The van der Waals surface area contributed by atoms with Gasteiger partial charge in [0.2, 0.25) is 11.8 Å². The van der Waals surface area contributed by atoms with E-state index in [1.165, 1.54) is 44.9 Å². The number of halogens is 1. The molecule has 4 bridgehead atoms. The van der Waals surface area contributed by atoms with Crippen LogP contribution in [-0.4, -0.2) is 104 Å². The molecule has 3 aliphatic heterocycles. The smallest absolute Gasteiger partial charge is 0.409 e. The van der Waals surface area contributed by atoms with Crippen molar-refractivity contribution in [2.75, 3.05) is 33.2 Å². The number of hydrogen-bond acceptors (Lipinski definition) is 10. The molecule has 0 spiro atoms. The lowest BCUT2D eigenvalue weighted by atomic mass is 9.83. The van der Waals surface area contributed by atoms with E-state index in [-0.39, 0.29) is 23.8 Å². The van der Waals surface area contributed by atoms with Crippen molar-refractivity contribution in [3.05, 3.63) is 46.5 Å². The van der Waals surface area contributed by atoms with Crippen molar-refractivity contribution in [2.24, 2.45) is 5.92 Å². The minimum atomic E-state index is -1.81. The van der Waals surface area contributed by atoms with E-state index < -0.39 is 65.7 Å². The van der Waals surface area contributed by atoms with Crippen LogP contribution >= 0.6 is 11.6 Å². The fraction of sp³-hybridized carbons (Fsp3) is 0.588. The van der Waals surface area contributed by atoms with Crippen LogP contribution < -0.4 is 15.0 Å². The SMILES string of the molecule is COc1cc2cc(c1Cl)N(C)C(=O)C[C@H](OC(=O)[C@H](C)N(C)C(C)=O)[C@]1(C)O[C@@H]1[C@H](C)[C@@H]1C[C@@](O)(NC(=O)O1)[C@H](OC)/C=C/C=C(\C)C2. The number of esters is 1. The van der Waals surface area contributed by atoms with Crippen LogP contribution in [0.1, 0.15) is 53.0 Å². The molecule has 4 rings (SSSR count). The van der Waals surface area contributed by atoms with Gasteiger partial charge in [-0.05, 0) is 44.9 Å². The van der Waals surface area contributed by atoms with Crippen LogP contribution in [0.4, 0.5) is 10.5 Å². The van der Waals surface area contributed by atoms with Crippen LogP contribution in [0.2, 0.25) is 5.02 Å². The van der Waals surface area contributed by atoms with Gasteiger partial charge >= 0.3 is 12.1 Å². The number of likely N-dealkylation sites (N-methyl/N-ethyl adjacent to an activating group) is 1. The van der Waals surface area contributed by atoms with Gasteiger partial charge in [0, 0.05) is 40.5 Å². The van der Waals surface area contributed by atoms with E-state index in [1.807, 2.05) is 13.0 Å². The number of methoxy groups -OCH3 is 2. The standard InChI is InChI=1S/C34H46ClN3O10/c1-18-11-10-12-26(45-9)34(43)17-25(46-32(42)36-34)19(2)30-33(5,48-30)27(47-31(41)20(3)37(6)21(4)39)16-28(40)38(7)23-14-22(13-18)15-24(44-8)29(23)35/h10-12,14-15,19-20,25-27,30,43H,13,16-17H2,1-9H3,(H,36,42)/b12-10+,18-11+/t19-,20+,25+,26-,27+,30-,33+,34+/m1/s1. The Labute approximate surface area is 286 Å². The highest BCUT2D eigenvalue weighted by atomic mass is 35.5. The van der Waals surface area contributed by atoms with Crippen LogP contribution in [0.5, 0.6) is 5.75 Å². The second-order valence-corrected chi connectivity index (χ2v) is 13.4. The summed E-state index contributed by atoms with van der Waals surface area (Å²) >= 11 is 6.71. The lowest BCUT2D eigenvalue weighted by molar-refractivity contribution is -0.161. The minimum Gasteiger partial charge on any atom is -0.495 e. The van der Waals surface area contributed by atoms with E-state index in [0.29, 0.717) is 17.9 Å². The maximum Gasteiger partial charge on any atom is 0.409 e. The van der Waals surface area contributed by atoms with Crippen molar-refractivity contribution in [2.45, 2.75) is 95.7 Å². The zero-order valence-corrected chi connectivity index (χ0v) is 29.6. The number of allylic oxidation sites excluding steroid dienone is 3. The topological polar surface area (TPSA) is 156 Å². The molecule has 14 heteroatoms. The van der Waals surface area contributed by atoms with Crippen molar-refractivity contribution in [3.8, 4) is 5.75 Å². The third-order valence-corrected chi connectivity index (χ3v) is 10.0. The number of aliphatic hydroxyl groups is 1. The van der Waals surface area contributed by atoms with Crippen LogP contribution in [-0.2, 0) is 39.8 Å². The number of alkyl carbamates (subject to hydrolysis) is 1. The number of anilines is 1. The molecule has 2 saturated heterocycles. The number of ether oxygens (including phenoxy) is 5. The molecule has 264 valence electrons. The average Bonchev–Trinajstić information content (AvgIpc) is 3.73. The number of amides is 3. The van der Waals surface area contributed by atoms with Crippen LogP contribution in [0.25, 0.3) is 0 Å². The van der Waals surface area contributed by atoms with Gasteiger partial charge in [-0.15, -0.1) is 0 Å². The van der Waals surface area contributed by atoms with Crippen molar-refractivity contribution in [3.63, 3.8) is 0 Å². The van der Waals surface area contributed by atoms with Gasteiger partial charge in [-0.25, -0.2) is 9.59 Å². The van der Waals surface area contributed by atoms with Gasteiger partial charge in [-0.3, -0.25) is 14.9 Å². The molecule has 48 heavy (non-hydrogen) atoms. The quantitative estimate of drug-likeness (QED) is 0.346.